The van der Waals surface area contributed by atoms with Gasteiger partial charge in [-0.3, -0.25) is 4.57 Å². The SMILES string of the molecule is CC(=C[C@H](CO)NC(=O)OC(C)(C)C)CCCP(=O)(OC(C)C)OC(C)C. The van der Waals surface area contributed by atoms with Crippen LogP contribution in [-0.2, 0) is 18.3 Å². The van der Waals surface area contributed by atoms with Crippen LogP contribution in [0.15, 0.2) is 11.6 Å². The average Bonchev–Trinajstić information content (AvgIpc) is 2.42. The maximum atomic E-state index is 12.8. The minimum Gasteiger partial charge on any atom is -0.444 e. The molecule has 7 nitrogen and oxygen atoms in total. The van der Waals surface area contributed by atoms with Crippen LogP contribution < -0.4 is 5.32 Å². The number of aliphatic hydroxyl groups is 1. The second kappa shape index (κ2) is 11.8. The van der Waals surface area contributed by atoms with Gasteiger partial charge in [-0.05, 0) is 68.2 Å². The van der Waals surface area contributed by atoms with E-state index in [1.54, 1.807) is 26.8 Å². The van der Waals surface area contributed by atoms with E-state index in [-0.39, 0.29) is 18.8 Å². The van der Waals surface area contributed by atoms with Crippen molar-refractivity contribution >= 4 is 13.7 Å². The van der Waals surface area contributed by atoms with E-state index >= 15 is 0 Å². The first-order valence-corrected chi connectivity index (χ1v) is 11.2. The van der Waals surface area contributed by atoms with Crippen molar-refractivity contribution in [1.82, 2.24) is 5.32 Å². The van der Waals surface area contributed by atoms with E-state index in [9.17, 15) is 14.5 Å². The first kappa shape index (κ1) is 26.1. The predicted molar refractivity (Wildman–Crippen MR) is 108 cm³/mol. The van der Waals surface area contributed by atoms with Gasteiger partial charge in [0.25, 0.3) is 0 Å². The lowest BCUT2D eigenvalue weighted by molar-refractivity contribution is 0.0498. The number of carbonyl (C=O) groups is 1. The number of hydrogen-bond acceptors (Lipinski definition) is 6. The van der Waals surface area contributed by atoms with Crippen molar-refractivity contribution < 1.29 is 28.3 Å². The number of amides is 1. The van der Waals surface area contributed by atoms with Gasteiger partial charge in [0.05, 0.1) is 31.0 Å². The topological polar surface area (TPSA) is 94.1 Å². The molecule has 27 heavy (non-hydrogen) atoms. The summed E-state index contributed by atoms with van der Waals surface area (Å²) in [6, 6.07) is -0.537. The van der Waals surface area contributed by atoms with E-state index in [2.05, 4.69) is 5.32 Å². The van der Waals surface area contributed by atoms with Crippen LogP contribution in [0.5, 0.6) is 0 Å². The maximum absolute atomic E-state index is 12.8. The van der Waals surface area contributed by atoms with E-state index in [0.29, 0.717) is 19.0 Å². The fourth-order valence-corrected chi connectivity index (χ4v) is 4.44. The highest BCUT2D eigenvalue weighted by molar-refractivity contribution is 7.53. The summed E-state index contributed by atoms with van der Waals surface area (Å²) in [5, 5.41) is 12.1. The molecule has 0 unspecified atom stereocenters. The van der Waals surface area contributed by atoms with Crippen molar-refractivity contribution in [2.75, 3.05) is 12.8 Å². The van der Waals surface area contributed by atoms with E-state index in [4.69, 9.17) is 13.8 Å². The normalized spacial score (nSPS) is 14.6. The van der Waals surface area contributed by atoms with E-state index in [1.807, 2.05) is 34.6 Å². The quantitative estimate of drug-likeness (QED) is 0.383. The first-order chi connectivity index (χ1) is 12.3. The Morgan fingerprint density at radius 2 is 1.67 bits per heavy atom. The summed E-state index contributed by atoms with van der Waals surface area (Å²) in [5.74, 6) is 0. The van der Waals surface area contributed by atoms with E-state index in [0.717, 1.165) is 5.57 Å². The Morgan fingerprint density at radius 1 is 1.15 bits per heavy atom. The maximum Gasteiger partial charge on any atom is 0.408 e. The van der Waals surface area contributed by atoms with Crippen molar-refractivity contribution in [3.63, 3.8) is 0 Å². The lowest BCUT2D eigenvalue weighted by Gasteiger charge is -2.23. The number of carbonyl (C=O) groups excluding carboxylic acids is 1. The number of alkyl carbamates (subject to hydrolysis) is 1. The van der Waals surface area contributed by atoms with Crippen LogP contribution in [0.2, 0.25) is 0 Å². The number of ether oxygens (including phenoxy) is 1. The van der Waals surface area contributed by atoms with Crippen molar-refractivity contribution in [1.29, 1.82) is 0 Å². The van der Waals surface area contributed by atoms with Crippen LogP contribution in [0.3, 0.4) is 0 Å². The molecule has 0 bridgehead atoms. The monoisotopic (exact) mass is 407 g/mol. The average molecular weight is 407 g/mol. The van der Waals surface area contributed by atoms with Crippen LogP contribution >= 0.6 is 7.60 Å². The molecule has 1 amide bonds. The van der Waals surface area contributed by atoms with Crippen LogP contribution in [0.1, 0.15) is 68.2 Å². The minimum absolute atomic E-state index is 0.178. The number of rotatable bonds is 11. The van der Waals surface area contributed by atoms with Crippen LogP contribution in [0.25, 0.3) is 0 Å². The molecule has 0 aliphatic rings. The molecule has 0 aromatic rings. The number of hydrogen-bond donors (Lipinski definition) is 2. The molecule has 0 aromatic carbocycles. The molecule has 0 fully saturated rings. The standard InChI is InChI=1S/C19H38NO6P/c1-14(2)25-27(23,26-15(3)4)11-9-10-16(5)12-17(13-21)20-18(22)24-19(6,7)8/h12,14-15,17,21H,9-11,13H2,1-8H3,(H,20,22)/t17-/m1/s1. The zero-order chi connectivity index (χ0) is 21.3. The molecule has 160 valence electrons. The molecule has 8 heteroatoms. The molecule has 0 spiro atoms. The van der Waals surface area contributed by atoms with Gasteiger partial charge in [-0.25, -0.2) is 4.79 Å². The molecule has 0 aliphatic carbocycles. The molecule has 0 saturated carbocycles. The number of aliphatic hydroxyl groups excluding tert-OH is 1. The molecule has 0 rings (SSSR count). The van der Waals surface area contributed by atoms with Gasteiger partial charge < -0.3 is 24.2 Å². The molecular formula is C19H38NO6P. The minimum atomic E-state index is -3.14. The van der Waals surface area contributed by atoms with Crippen molar-refractivity contribution in [3.05, 3.63) is 11.6 Å². The summed E-state index contributed by atoms with van der Waals surface area (Å²) in [6.07, 6.45) is 2.43. The van der Waals surface area contributed by atoms with Gasteiger partial charge in [0.2, 0.25) is 0 Å². The Labute approximate surface area is 164 Å². The molecule has 2 N–H and O–H groups in total. The highest BCUT2D eigenvalue weighted by atomic mass is 31.2. The Bertz CT molecular complexity index is 511. The van der Waals surface area contributed by atoms with Gasteiger partial charge in [-0.15, -0.1) is 0 Å². The Hall–Kier alpha value is -0.880. The highest BCUT2D eigenvalue weighted by Gasteiger charge is 2.27. The lowest BCUT2D eigenvalue weighted by Crippen LogP contribution is -2.40. The largest absolute Gasteiger partial charge is 0.444 e. The summed E-state index contributed by atoms with van der Waals surface area (Å²) in [5.41, 5.74) is 0.363. The van der Waals surface area contributed by atoms with Gasteiger partial charge in [-0.1, -0.05) is 11.6 Å². The Balaban J connectivity index is 4.68. The Morgan fingerprint density at radius 3 is 2.07 bits per heavy atom. The molecule has 0 saturated heterocycles. The highest BCUT2D eigenvalue weighted by Crippen LogP contribution is 2.51. The van der Waals surface area contributed by atoms with Crippen LogP contribution in [-0.4, -0.2) is 47.8 Å². The third kappa shape index (κ3) is 13.9. The third-order valence-corrected chi connectivity index (χ3v) is 5.48. The molecule has 0 heterocycles. The summed E-state index contributed by atoms with van der Waals surface area (Å²) in [4.78, 5) is 11.8. The smallest absolute Gasteiger partial charge is 0.408 e. The summed E-state index contributed by atoms with van der Waals surface area (Å²) in [6.45, 7) is 14.3. The number of nitrogens with one attached hydrogen (secondary N) is 1. The molecule has 0 radical (unpaired) electrons. The van der Waals surface area contributed by atoms with Crippen molar-refractivity contribution in [2.45, 2.75) is 92.1 Å². The molecule has 0 aliphatic heterocycles. The van der Waals surface area contributed by atoms with Gasteiger partial charge in [-0.2, -0.15) is 0 Å². The van der Waals surface area contributed by atoms with Crippen molar-refractivity contribution in [2.24, 2.45) is 0 Å². The second-order valence-corrected chi connectivity index (χ2v) is 10.3. The summed E-state index contributed by atoms with van der Waals surface area (Å²) >= 11 is 0. The predicted octanol–water partition coefficient (Wildman–Crippen LogP) is 4.64. The van der Waals surface area contributed by atoms with Crippen LogP contribution in [0, 0.1) is 0 Å². The van der Waals surface area contributed by atoms with E-state index in [1.165, 1.54) is 0 Å². The fraction of sp³-hybridized carbons (Fsp3) is 0.842. The first-order valence-electron chi connectivity index (χ1n) is 9.50. The Kier molecular flexibility index (Phi) is 11.5. The molecule has 1 atom stereocenters. The summed E-state index contributed by atoms with van der Waals surface area (Å²) in [7, 11) is -3.14. The van der Waals surface area contributed by atoms with Crippen LogP contribution in [0.4, 0.5) is 4.79 Å². The lowest BCUT2D eigenvalue weighted by atomic mass is 10.1. The van der Waals surface area contributed by atoms with E-state index < -0.39 is 25.3 Å². The zero-order valence-corrected chi connectivity index (χ0v) is 19.0. The zero-order valence-electron chi connectivity index (χ0n) is 18.1. The molecular weight excluding hydrogens is 369 g/mol. The second-order valence-electron chi connectivity index (χ2n) is 8.19. The van der Waals surface area contributed by atoms with Gasteiger partial charge in [0.15, 0.2) is 0 Å². The van der Waals surface area contributed by atoms with Crippen molar-refractivity contribution in [3.8, 4) is 0 Å². The fourth-order valence-electron chi connectivity index (χ4n) is 2.35. The number of allylic oxidation sites excluding steroid dienone is 1. The van der Waals surface area contributed by atoms with Gasteiger partial charge >= 0.3 is 13.7 Å². The van der Waals surface area contributed by atoms with Gasteiger partial charge in [0, 0.05) is 0 Å². The van der Waals surface area contributed by atoms with Gasteiger partial charge in [0.1, 0.15) is 5.60 Å². The third-order valence-electron chi connectivity index (χ3n) is 3.13. The summed E-state index contributed by atoms with van der Waals surface area (Å²) < 4.78 is 29.0. The molecule has 0 aromatic heterocycles.